The van der Waals surface area contributed by atoms with Crippen LogP contribution < -0.4 is 0 Å². The Hall–Kier alpha value is -1.11. The SMILES string of the molecule is CN(Cc1cncs1)C(=O)C(F)(F)F. The normalized spacial score (nSPS) is 11.4. The molecule has 7 heteroatoms. The van der Waals surface area contributed by atoms with Crippen molar-refractivity contribution in [3.05, 3.63) is 16.6 Å². The largest absolute Gasteiger partial charge is 0.471 e. The first-order valence-electron chi connectivity index (χ1n) is 3.61. The van der Waals surface area contributed by atoms with Gasteiger partial charge < -0.3 is 4.90 Å². The number of halogens is 3. The fourth-order valence-corrected chi connectivity index (χ4v) is 1.49. The number of nitrogens with zero attached hydrogens (tertiary/aromatic N) is 2. The lowest BCUT2D eigenvalue weighted by Crippen LogP contribution is -2.37. The van der Waals surface area contributed by atoms with Crippen LogP contribution in [-0.2, 0) is 11.3 Å². The standard InChI is InChI=1S/C7H7F3N2OS/c1-12(6(13)7(8,9)10)3-5-2-11-4-14-5/h2,4H,3H2,1H3. The minimum atomic E-state index is -4.81. The molecule has 0 aliphatic carbocycles. The van der Waals surface area contributed by atoms with E-state index < -0.39 is 12.1 Å². The molecule has 0 unspecified atom stereocenters. The number of carbonyl (C=O) groups excluding carboxylic acids is 1. The molecule has 0 saturated heterocycles. The van der Waals surface area contributed by atoms with E-state index in [1.165, 1.54) is 23.0 Å². The van der Waals surface area contributed by atoms with E-state index in [2.05, 4.69) is 4.98 Å². The summed E-state index contributed by atoms with van der Waals surface area (Å²) in [5.41, 5.74) is 1.50. The van der Waals surface area contributed by atoms with Gasteiger partial charge in [-0.25, -0.2) is 0 Å². The first-order chi connectivity index (χ1) is 6.41. The molecule has 1 rings (SSSR count). The highest BCUT2D eigenvalue weighted by molar-refractivity contribution is 7.09. The highest BCUT2D eigenvalue weighted by Crippen LogP contribution is 2.19. The number of aromatic nitrogens is 1. The molecule has 1 aromatic heterocycles. The molecule has 78 valence electrons. The van der Waals surface area contributed by atoms with E-state index >= 15 is 0 Å². The second-order valence-electron chi connectivity index (χ2n) is 2.63. The first-order valence-corrected chi connectivity index (χ1v) is 4.49. The minimum Gasteiger partial charge on any atom is -0.333 e. The van der Waals surface area contributed by atoms with E-state index in [0.29, 0.717) is 9.78 Å². The number of hydrogen-bond donors (Lipinski definition) is 0. The van der Waals surface area contributed by atoms with Crippen LogP contribution in [0.15, 0.2) is 11.7 Å². The van der Waals surface area contributed by atoms with Crippen LogP contribution in [0.3, 0.4) is 0 Å². The summed E-state index contributed by atoms with van der Waals surface area (Å²) in [5, 5.41) is 0. The number of alkyl halides is 3. The summed E-state index contributed by atoms with van der Waals surface area (Å²) in [5.74, 6) is -1.84. The van der Waals surface area contributed by atoms with Gasteiger partial charge in [0.05, 0.1) is 12.1 Å². The lowest BCUT2D eigenvalue weighted by atomic mass is 10.4. The fraction of sp³-hybridized carbons (Fsp3) is 0.429. The smallest absolute Gasteiger partial charge is 0.333 e. The van der Waals surface area contributed by atoms with Crippen molar-refractivity contribution in [1.29, 1.82) is 0 Å². The lowest BCUT2D eigenvalue weighted by molar-refractivity contribution is -0.184. The van der Waals surface area contributed by atoms with Gasteiger partial charge in [0.2, 0.25) is 0 Å². The van der Waals surface area contributed by atoms with Crippen molar-refractivity contribution in [2.45, 2.75) is 12.7 Å². The maximum Gasteiger partial charge on any atom is 0.471 e. The minimum absolute atomic E-state index is 0.0665. The summed E-state index contributed by atoms with van der Waals surface area (Å²) in [6, 6.07) is 0. The van der Waals surface area contributed by atoms with Crippen molar-refractivity contribution in [3.8, 4) is 0 Å². The molecule has 0 atom stereocenters. The Labute approximate surface area is 82.2 Å². The second-order valence-corrected chi connectivity index (χ2v) is 3.60. The Bertz CT molecular complexity index is 309. The molecule has 3 nitrogen and oxygen atoms in total. The monoisotopic (exact) mass is 224 g/mol. The predicted octanol–water partition coefficient (Wildman–Crippen LogP) is 1.66. The Kier molecular flexibility index (Phi) is 3.10. The van der Waals surface area contributed by atoms with Crippen LogP contribution in [0.1, 0.15) is 4.88 Å². The van der Waals surface area contributed by atoms with Crippen LogP contribution in [0.2, 0.25) is 0 Å². The van der Waals surface area contributed by atoms with Gasteiger partial charge in [-0.1, -0.05) is 0 Å². The molecule has 0 saturated carbocycles. The molecule has 0 radical (unpaired) electrons. The van der Waals surface area contributed by atoms with Gasteiger partial charge in [0.15, 0.2) is 0 Å². The van der Waals surface area contributed by atoms with E-state index in [-0.39, 0.29) is 6.54 Å². The summed E-state index contributed by atoms with van der Waals surface area (Å²) in [6.45, 7) is -0.0665. The number of rotatable bonds is 2. The third-order valence-corrected chi connectivity index (χ3v) is 2.23. The highest BCUT2D eigenvalue weighted by atomic mass is 32.1. The van der Waals surface area contributed by atoms with Crippen molar-refractivity contribution < 1.29 is 18.0 Å². The van der Waals surface area contributed by atoms with Crippen molar-refractivity contribution in [2.24, 2.45) is 0 Å². The van der Waals surface area contributed by atoms with Gasteiger partial charge in [0.25, 0.3) is 0 Å². The molecule has 1 heterocycles. The second kappa shape index (κ2) is 3.95. The van der Waals surface area contributed by atoms with Crippen LogP contribution in [0, 0.1) is 0 Å². The molecule has 0 N–H and O–H groups in total. The quantitative estimate of drug-likeness (QED) is 0.765. The van der Waals surface area contributed by atoms with Crippen LogP contribution in [-0.4, -0.2) is 29.0 Å². The van der Waals surface area contributed by atoms with Crippen LogP contribution in [0.25, 0.3) is 0 Å². The average Bonchev–Trinajstić information content (AvgIpc) is 2.53. The number of thiazole rings is 1. The number of amides is 1. The van der Waals surface area contributed by atoms with E-state index in [0.717, 1.165) is 7.05 Å². The maximum atomic E-state index is 11.9. The predicted molar refractivity (Wildman–Crippen MR) is 44.6 cm³/mol. The molecular formula is C7H7F3N2OS. The zero-order valence-corrected chi connectivity index (χ0v) is 8.02. The molecule has 0 bridgehead atoms. The Morgan fingerprint density at radius 1 is 1.64 bits per heavy atom. The van der Waals surface area contributed by atoms with Crippen LogP contribution in [0.5, 0.6) is 0 Å². The molecule has 0 fully saturated rings. The van der Waals surface area contributed by atoms with Gasteiger partial charge >= 0.3 is 12.1 Å². The van der Waals surface area contributed by atoms with E-state index in [1.54, 1.807) is 0 Å². The van der Waals surface area contributed by atoms with Crippen molar-refractivity contribution in [1.82, 2.24) is 9.88 Å². The topological polar surface area (TPSA) is 33.2 Å². The third-order valence-electron chi connectivity index (χ3n) is 1.47. The molecule has 1 amide bonds. The summed E-state index contributed by atoms with van der Waals surface area (Å²) < 4.78 is 35.8. The molecule has 0 spiro atoms. The van der Waals surface area contributed by atoms with Crippen molar-refractivity contribution in [2.75, 3.05) is 7.05 Å². The Balaban J connectivity index is 2.59. The van der Waals surface area contributed by atoms with E-state index in [4.69, 9.17) is 0 Å². The van der Waals surface area contributed by atoms with Gasteiger partial charge in [-0.2, -0.15) is 13.2 Å². The summed E-state index contributed by atoms with van der Waals surface area (Å²) >= 11 is 1.21. The maximum absolute atomic E-state index is 11.9. The van der Waals surface area contributed by atoms with E-state index in [1.807, 2.05) is 0 Å². The highest BCUT2D eigenvalue weighted by Gasteiger charge is 2.41. The van der Waals surface area contributed by atoms with Crippen LogP contribution in [0.4, 0.5) is 13.2 Å². The first kappa shape index (κ1) is 11.0. The summed E-state index contributed by atoms with van der Waals surface area (Å²) in [7, 11) is 1.11. The van der Waals surface area contributed by atoms with Gasteiger partial charge in [-0.15, -0.1) is 11.3 Å². The Morgan fingerprint density at radius 3 is 2.71 bits per heavy atom. The van der Waals surface area contributed by atoms with Gasteiger partial charge in [-0.05, 0) is 0 Å². The molecule has 14 heavy (non-hydrogen) atoms. The number of hydrogen-bond acceptors (Lipinski definition) is 3. The number of carbonyl (C=O) groups is 1. The average molecular weight is 224 g/mol. The lowest BCUT2D eigenvalue weighted by Gasteiger charge is -2.17. The van der Waals surface area contributed by atoms with Crippen molar-refractivity contribution in [3.63, 3.8) is 0 Å². The molecular weight excluding hydrogens is 217 g/mol. The molecule has 0 aliphatic heterocycles. The summed E-state index contributed by atoms with van der Waals surface area (Å²) in [6.07, 6.45) is -3.37. The zero-order valence-electron chi connectivity index (χ0n) is 7.21. The van der Waals surface area contributed by atoms with Gasteiger partial charge in [-0.3, -0.25) is 9.78 Å². The van der Waals surface area contributed by atoms with E-state index in [9.17, 15) is 18.0 Å². The zero-order chi connectivity index (χ0) is 10.8. The van der Waals surface area contributed by atoms with Gasteiger partial charge in [0, 0.05) is 18.1 Å². The summed E-state index contributed by atoms with van der Waals surface area (Å²) in [4.78, 5) is 15.6. The van der Waals surface area contributed by atoms with Crippen LogP contribution >= 0.6 is 11.3 Å². The van der Waals surface area contributed by atoms with Gasteiger partial charge in [0.1, 0.15) is 0 Å². The molecule has 1 aromatic rings. The molecule has 0 aromatic carbocycles. The fourth-order valence-electron chi connectivity index (χ4n) is 0.842. The van der Waals surface area contributed by atoms with Crippen molar-refractivity contribution >= 4 is 17.2 Å². The third kappa shape index (κ3) is 2.69. The Morgan fingerprint density at radius 2 is 2.29 bits per heavy atom. The molecule has 0 aliphatic rings.